The fourth-order valence-corrected chi connectivity index (χ4v) is 5.37. The SMILES string of the molecule is CCO[Si](Cc1c(C)cc(OC)cc1C)(OCC)OCC. The second-order valence-electron chi connectivity index (χ2n) is 4.90. The minimum Gasteiger partial charge on any atom is -0.497 e. The number of benzene rings is 1. The molecule has 0 N–H and O–H groups in total. The summed E-state index contributed by atoms with van der Waals surface area (Å²) < 4.78 is 23.2. The minimum atomic E-state index is -2.67. The molecule has 0 heterocycles. The molecule has 0 saturated carbocycles. The zero-order valence-electron chi connectivity index (χ0n) is 14.1. The molecule has 1 rings (SSSR count). The minimum absolute atomic E-state index is 0.598. The van der Waals surface area contributed by atoms with Gasteiger partial charge in [0.05, 0.1) is 7.11 Å². The van der Waals surface area contributed by atoms with Gasteiger partial charge < -0.3 is 18.0 Å². The average Bonchev–Trinajstić information content (AvgIpc) is 2.43. The van der Waals surface area contributed by atoms with Crippen molar-refractivity contribution in [3.63, 3.8) is 0 Å². The van der Waals surface area contributed by atoms with Crippen LogP contribution in [0, 0.1) is 13.8 Å². The standard InChI is InChI=1S/C16H28O4Si/c1-7-18-21(19-8-2,20-9-3)12-16-13(4)10-15(17-6)11-14(16)5/h10-11H,7-9,12H2,1-6H3. The highest BCUT2D eigenvalue weighted by molar-refractivity contribution is 6.60. The van der Waals surface area contributed by atoms with Crippen LogP contribution in [0.25, 0.3) is 0 Å². The summed E-state index contributed by atoms with van der Waals surface area (Å²) in [5.74, 6) is 0.880. The van der Waals surface area contributed by atoms with E-state index in [1.165, 1.54) is 16.7 Å². The Labute approximate surface area is 129 Å². The number of hydrogen-bond acceptors (Lipinski definition) is 4. The van der Waals surface area contributed by atoms with E-state index in [1.807, 2.05) is 32.9 Å². The molecule has 0 amide bonds. The van der Waals surface area contributed by atoms with Gasteiger partial charge in [0.15, 0.2) is 0 Å². The normalized spacial score (nSPS) is 11.7. The fraction of sp³-hybridized carbons (Fsp3) is 0.625. The lowest BCUT2D eigenvalue weighted by Crippen LogP contribution is -2.49. The maximum absolute atomic E-state index is 5.94. The van der Waals surface area contributed by atoms with Crippen molar-refractivity contribution >= 4 is 8.80 Å². The van der Waals surface area contributed by atoms with Crippen molar-refractivity contribution in [3.05, 3.63) is 28.8 Å². The van der Waals surface area contributed by atoms with Crippen molar-refractivity contribution in [1.29, 1.82) is 0 Å². The molecule has 0 aliphatic rings. The van der Waals surface area contributed by atoms with Crippen molar-refractivity contribution < 1.29 is 18.0 Å². The van der Waals surface area contributed by atoms with Gasteiger partial charge in [0.1, 0.15) is 5.75 Å². The second-order valence-corrected chi connectivity index (χ2v) is 7.48. The Morgan fingerprint density at radius 2 is 1.29 bits per heavy atom. The van der Waals surface area contributed by atoms with Gasteiger partial charge in [0.2, 0.25) is 0 Å². The Balaban J connectivity index is 3.12. The Hall–Kier alpha value is -0.883. The van der Waals surface area contributed by atoms with Crippen LogP contribution >= 0.6 is 0 Å². The van der Waals surface area contributed by atoms with Gasteiger partial charge in [0.25, 0.3) is 0 Å². The van der Waals surface area contributed by atoms with Crippen molar-refractivity contribution in [3.8, 4) is 5.75 Å². The Kier molecular flexibility index (Phi) is 7.38. The Bertz CT molecular complexity index is 408. The first-order valence-electron chi connectivity index (χ1n) is 7.57. The van der Waals surface area contributed by atoms with Crippen LogP contribution in [0.4, 0.5) is 0 Å². The number of aryl methyl sites for hydroxylation is 2. The number of hydrogen-bond donors (Lipinski definition) is 0. The quantitative estimate of drug-likeness (QED) is 0.655. The molecule has 120 valence electrons. The van der Waals surface area contributed by atoms with E-state index >= 15 is 0 Å². The maximum atomic E-state index is 5.94. The molecular weight excluding hydrogens is 284 g/mol. The zero-order chi connectivity index (χ0) is 15.9. The van der Waals surface area contributed by atoms with Gasteiger partial charge in [-0.25, -0.2) is 0 Å². The topological polar surface area (TPSA) is 36.9 Å². The second kappa shape index (κ2) is 8.53. The molecule has 0 radical (unpaired) electrons. The van der Waals surface area contributed by atoms with E-state index in [1.54, 1.807) is 7.11 Å². The number of methoxy groups -OCH3 is 1. The Morgan fingerprint density at radius 1 is 0.857 bits per heavy atom. The predicted octanol–water partition coefficient (Wildman–Crippen LogP) is 3.44. The van der Waals surface area contributed by atoms with Crippen molar-refractivity contribution in [2.24, 2.45) is 0 Å². The van der Waals surface area contributed by atoms with Crippen LogP contribution in [0.15, 0.2) is 12.1 Å². The molecule has 21 heavy (non-hydrogen) atoms. The summed E-state index contributed by atoms with van der Waals surface area (Å²) in [5, 5.41) is 0. The molecule has 5 heteroatoms. The third kappa shape index (κ3) is 4.81. The summed E-state index contributed by atoms with van der Waals surface area (Å²) in [7, 11) is -0.980. The molecule has 0 unspecified atom stereocenters. The molecule has 0 spiro atoms. The number of rotatable bonds is 9. The summed E-state index contributed by atoms with van der Waals surface area (Å²) in [6, 6.07) is 4.79. The van der Waals surface area contributed by atoms with E-state index < -0.39 is 8.80 Å². The molecule has 0 atom stereocenters. The molecule has 1 aromatic rings. The molecule has 1 aromatic carbocycles. The smallest absolute Gasteiger partial charge is 0.497 e. The van der Waals surface area contributed by atoms with E-state index in [9.17, 15) is 0 Å². The lowest BCUT2D eigenvalue weighted by Gasteiger charge is -2.29. The summed E-state index contributed by atoms with van der Waals surface area (Å²) in [4.78, 5) is 0. The predicted molar refractivity (Wildman–Crippen MR) is 86.8 cm³/mol. The fourth-order valence-electron chi connectivity index (χ4n) is 2.50. The molecule has 0 fully saturated rings. The summed E-state index contributed by atoms with van der Waals surface area (Å²) in [6.45, 7) is 11.9. The molecule has 0 aliphatic heterocycles. The molecule has 0 bridgehead atoms. The highest BCUT2D eigenvalue weighted by Crippen LogP contribution is 2.26. The van der Waals surface area contributed by atoms with Gasteiger partial charge in [-0.3, -0.25) is 0 Å². The van der Waals surface area contributed by atoms with Crippen LogP contribution in [-0.4, -0.2) is 35.7 Å². The third-order valence-corrected chi connectivity index (χ3v) is 6.36. The van der Waals surface area contributed by atoms with Gasteiger partial charge in [-0.2, -0.15) is 0 Å². The van der Waals surface area contributed by atoms with Gasteiger partial charge in [0, 0.05) is 25.9 Å². The maximum Gasteiger partial charge on any atom is 0.505 e. The van der Waals surface area contributed by atoms with Crippen molar-refractivity contribution in [1.82, 2.24) is 0 Å². The highest BCUT2D eigenvalue weighted by atomic mass is 28.4. The van der Waals surface area contributed by atoms with Gasteiger partial charge in [-0.1, -0.05) is 0 Å². The summed E-state index contributed by atoms with van der Waals surface area (Å²) >= 11 is 0. The van der Waals surface area contributed by atoms with E-state index in [4.69, 9.17) is 18.0 Å². The van der Waals surface area contributed by atoms with Crippen LogP contribution in [0.3, 0.4) is 0 Å². The van der Waals surface area contributed by atoms with Gasteiger partial charge in [-0.05, 0) is 63.4 Å². The van der Waals surface area contributed by atoms with Crippen LogP contribution in [-0.2, 0) is 19.3 Å². The Morgan fingerprint density at radius 3 is 1.62 bits per heavy atom. The molecule has 0 aromatic heterocycles. The van der Waals surface area contributed by atoms with Crippen LogP contribution in [0.1, 0.15) is 37.5 Å². The lowest BCUT2D eigenvalue weighted by atomic mass is 10.0. The average molecular weight is 312 g/mol. The highest BCUT2D eigenvalue weighted by Gasteiger charge is 2.41. The number of ether oxygens (including phenoxy) is 1. The first kappa shape index (κ1) is 18.2. The van der Waals surface area contributed by atoms with Crippen molar-refractivity contribution in [2.45, 2.75) is 40.7 Å². The molecule has 0 saturated heterocycles. The molecular formula is C16H28O4Si. The van der Waals surface area contributed by atoms with Crippen LogP contribution in [0.5, 0.6) is 5.75 Å². The first-order chi connectivity index (χ1) is 10.0. The molecule has 4 nitrogen and oxygen atoms in total. The third-order valence-electron chi connectivity index (χ3n) is 3.39. The first-order valence-corrected chi connectivity index (χ1v) is 9.51. The van der Waals surface area contributed by atoms with Crippen LogP contribution in [0.2, 0.25) is 0 Å². The van der Waals surface area contributed by atoms with E-state index in [0.717, 1.165) is 5.75 Å². The van der Waals surface area contributed by atoms with E-state index in [0.29, 0.717) is 25.9 Å². The largest absolute Gasteiger partial charge is 0.505 e. The van der Waals surface area contributed by atoms with Gasteiger partial charge in [-0.15, -0.1) is 0 Å². The van der Waals surface area contributed by atoms with E-state index in [2.05, 4.69) is 13.8 Å². The summed E-state index contributed by atoms with van der Waals surface area (Å²) in [6.07, 6.45) is 0. The zero-order valence-corrected chi connectivity index (χ0v) is 15.1. The van der Waals surface area contributed by atoms with E-state index in [-0.39, 0.29) is 0 Å². The summed E-state index contributed by atoms with van der Waals surface area (Å²) in [5.41, 5.74) is 3.60. The lowest BCUT2D eigenvalue weighted by molar-refractivity contribution is 0.0703. The monoisotopic (exact) mass is 312 g/mol. The van der Waals surface area contributed by atoms with Crippen LogP contribution < -0.4 is 4.74 Å². The van der Waals surface area contributed by atoms with Gasteiger partial charge >= 0.3 is 8.80 Å². The molecule has 0 aliphatic carbocycles. The van der Waals surface area contributed by atoms with Crippen molar-refractivity contribution in [2.75, 3.05) is 26.9 Å².